The first-order valence-corrected chi connectivity index (χ1v) is 6.97. The van der Waals surface area contributed by atoms with E-state index in [2.05, 4.69) is 20.2 Å². The quantitative estimate of drug-likeness (QED) is 0.898. The van der Waals surface area contributed by atoms with E-state index >= 15 is 0 Å². The van der Waals surface area contributed by atoms with Gasteiger partial charge in [0.2, 0.25) is 0 Å². The fraction of sp³-hybridized carbons (Fsp3) is 0.429. The fourth-order valence-corrected chi connectivity index (χ4v) is 2.31. The van der Waals surface area contributed by atoms with E-state index in [1.807, 2.05) is 6.92 Å². The summed E-state index contributed by atoms with van der Waals surface area (Å²) in [6, 6.07) is 3.33. The third kappa shape index (κ3) is 2.91. The molecule has 8 heteroatoms. The Morgan fingerprint density at radius 1 is 1.55 bits per heavy atom. The molecule has 1 atom stereocenters. The van der Waals surface area contributed by atoms with Gasteiger partial charge in [0, 0.05) is 18.8 Å². The van der Waals surface area contributed by atoms with Crippen molar-refractivity contribution < 1.29 is 14.3 Å². The molecule has 0 saturated carbocycles. The number of nitrogens with zero attached hydrogens (tertiary/aromatic N) is 4. The summed E-state index contributed by atoms with van der Waals surface area (Å²) in [5.74, 6) is 1.73. The van der Waals surface area contributed by atoms with Crippen LogP contribution in [0.1, 0.15) is 28.2 Å². The van der Waals surface area contributed by atoms with Gasteiger partial charge in [-0.15, -0.1) is 0 Å². The smallest absolute Gasteiger partial charge is 0.272 e. The largest absolute Gasteiger partial charge is 0.497 e. The molecule has 1 amide bonds. The van der Waals surface area contributed by atoms with Crippen LogP contribution in [-0.4, -0.2) is 57.8 Å². The standard InChI is InChI=1S/C14H17N5O3/c1-9-16-13(18-17-9)12-8-19(5-6-22-12)14(20)11-7-10(21-2)3-4-15-11/h3-4,7,12H,5-6,8H2,1-2H3,(H,16,17,18)/t12-/m0/s1. The van der Waals surface area contributed by atoms with Crippen molar-refractivity contribution in [1.82, 2.24) is 25.1 Å². The van der Waals surface area contributed by atoms with Crippen LogP contribution >= 0.6 is 0 Å². The Bertz CT molecular complexity index is 672. The number of carbonyl (C=O) groups is 1. The van der Waals surface area contributed by atoms with Crippen LogP contribution in [0.3, 0.4) is 0 Å². The topological polar surface area (TPSA) is 93.2 Å². The van der Waals surface area contributed by atoms with Gasteiger partial charge in [-0.2, -0.15) is 5.10 Å². The second kappa shape index (κ2) is 6.10. The van der Waals surface area contributed by atoms with E-state index in [-0.39, 0.29) is 12.0 Å². The van der Waals surface area contributed by atoms with E-state index in [0.29, 0.717) is 37.0 Å². The molecule has 116 valence electrons. The summed E-state index contributed by atoms with van der Waals surface area (Å²) in [6.07, 6.45) is 1.23. The predicted molar refractivity (Wildman–Crippen MR) is 76.5 cm³/mol. The Kier molecular flexibility index (Phi) is 4.01. The Labute approximate surface area is 127 Å². The molecule has 1 aliphatic heterocycles. The van der Waals surface area contributed by atoms with Gasteiger partial charge in [0.15, 0.2) is 5.82 Å². The van der Waals surface area contributed by atoms with Gasteiger partial charge in [0.25, 0.3) is 5.91 Å². The summed E-state index contributed by atoms with van der Waals surface area (Å²) in [5, 5.41) is 6.88. The van der Waals surface area contributed by atoms with Crippen LogP contribution in [0.25, 0.3) is 0 Å². The van der Waals surface area contributed by atoms with Crippen molar-refractivity contribution in [3.8, 4) is 5.75 Å². The van der Waals surface area contributed by atoms with Crippen molar-refractivity contribution >= 4 is 5.91 Å². The van der Waals surface area contributed by atoms with Crippen LogP contribution < -0.4 is 4.74 Å². The van der Waals surface area contributed by atoms with Crippen molar-refractivity contribution in [2.24, 2.45) is 0 Å². The number of aromatic nitrogens is 4. The molecule has 1 N–H and O–H groups in total. The minimum Gasteiger partial charge on any atom is -0.497 e. The number of aryl methyl sites for hydroxylation is 1. The van der Waals surface area contributed by atoms with Crippen LogP contribution in [0.5, 0.6) is 5.75 Å². The number of rotatable bonds is 3. The number of morpholine rings is 1. The third-order valence-corrected chi connectivity index (χ3v) is 3.44. The van der Waals surface area contributed by atoms with Gasteiger partial charge in [-0.3, -0.25) is 14.9 Å². The van der Waals surface area contributed by atoms with Crippen LogP contribution in [-0.2, 0) is 4.74 Å². The van der Waals surface area contributed by atoms with Crippen molar-refractivity contribution in [3.63, 3.8) is 0 Å². The number of hydrogen-bond donors (Lipinski definition) is 1. The highest BCUT2D eigenvalue weighted by Crippen LogP contribution is 2.21. The second-order valence-corrected chi connectivity index (χ2v) is 4.97. The number of amides is 1. The van der Waals surface area contributed by atoms with Crippen molar-refractivity contribution in [3.05, 3.63) is 35.7 Å². The summed E-state index contributed by atoms with van der Waals surface area (Å²) >= 11 is 0. The molecule has 2 aromatic rings. The van der Waals surface area contributed by atoms with Crippen molar-refractivity contribution in [1.29, 1.82) is 0 Å². The number of methoxy groups -OCH3 is 1. The lowest BCUT2D eigenvalue weighted by Gasteiger charge is -2.31. The van der Waals surface area contributed by atoms with Gasteiger partial charge in [-0.1, -0.05) is 0 Å². The molecule has 0 aromatic carbocycles. The fourth-order valence-electron chi connectivity index (χ4n) is 2.31. The molecular weight excluding hydrogens is 286 g/mol. The number of carbonyl (C=O) groups excluding carboxylic acids is 1. The van der Waals surface area contributed by atoms with Crippen molar-refractivity contribution in [2.45, 2.75) is 13.0 Å². The van der Waals surface area contributed by atoms with E-state index in [0.717, 1.165) is 5.82 Å². The molecule has 0 unspecified atom stereocenters. The molecule has 1 aliphatic rings. The molecule has 22 heavy (non-hydrogen) atoms. The predicted octanol–water partition coefficient (Wildman–Crippen LogP) is 0.730. The molecule has 0 spiro atoms. The number of nitrogens with one attached hydrogen (secondary N) is 1. The molecule has 0 aliphatic carbocycles. The van der Waals surface area contributed by atoms with Gasteiger partial charge >= 0.3 is 0 Å². The monoisotopic (exact) mass is 303 g/mol. The van der Waals surface area contributed by atoms with Crippen LogP contribution in [0.4, 0.5) is 0 Å². The maximum Gasteiger partial charge on any atom is 0.272 e. The minimum atomic E-state index is -0.326. The molecule has 1 fully saturated rings. The zero-order valence-corrected chi connectivity index (χ0v) is 12.4. The Morgan fingerprint density at radius 3 is 3.14 bits per heavy atom. The highest BCUT2D eigenvalue weighted by atomic mass is 16.5. The normalized spacial score (nSPS) is 18.3. The summed E-state index contributed by atoms with van der Waals surface area (Å²) < 4.78 is 10.8. The maximum absolute atomic E-state index is 12.6. The van der Waals surface area contributed by atoms with Gasteiger partial charge in [-0.25, -0.2) is 4.98 Å². The maximum atomic E-state index is 12.6. The number of pyridine rings is 1. The first kappa shape index (κ1) is 14.5. The Morgan fingerprint density at radius 2 is 2.41 bits per heavy atom. The molecular formula is C14H17N5O3. The lowest BCUT2D eigenvalue weighted by molar-refractivity contribution is -0.0268. The van der Waals surface area contributed by atoms with Crippen LogP contribution in [0.2, 0.25) is 0 Å². The van der Waals surface area contributed by atoms with Crippen LogP contribution in [0, 0.1) is 6.92 Å². The Balaban J connectivity index is 1.75. The van der Waals surface area contributed by atoms with Crippen LogP contribution in [0.15, 0.2) is 18.3 Å². The lowest BCUT2D eigenvalue weighted by Crippen LogP contribution is -2.42. The molecule has 3 rings (SSSR count). The average Bonchev–Trinajstić information content (AvgIpc) is 3.01. The van der Waals surface area contributed by atoms with Gasteiger partial charge in [0.1, 0.15) is 23.4 Å². The molecule has 2 aromatic heterocycles. The van der Waals surface area contributed by atoms with E-state index in [1.165, 1.54) is 0 Å². The van der Waals surface area contributed by atoms with Gasteiger partial charge in [-0.05, 0) is 13.0 Å². The molecule has 8 nitrogen and oxygen atoms in total. The summed E-state index contributed by atoms with van der Waals surface area (Å²) in [4.78, 5) is 22.6. The minimum absolute atomic E-state index is 0.153. The molecule has 1 saturated heterocycles. The number of aromatic amines is 1. The highest BCUT2D eigenvalue weighted by molar-refractivity contribution is 5.92. The zero-order valence-electron chi connectivity index (χ0n) is 12.4. The third-order valence-electron chi connectivity index (χ3n) is 3.44. The molecule has 0 bridgehead atoms. The van der Waals surface area contributed by atoms with E-state index in [1.54, 1.807) is 30.3 Å². The zero-order chi connectivity index (χ0) is 15.5. The summed E-state index contributed by atoms with van der Waals surface area (Å²) in [5.41, 5.74) is 0.353. The first-order chi connectivity index (χ1) is 10.7. The molecule has 0 radical (unpaired) electrons. The van der Waals surface area contributed by atoms with Gasteiger partial charge < -0.3 is 14.4 Å². The summed E-state index contributed by atoms with van der Waals surface area (Å²) in [6.45, 7) is 3.17. The summed E-state index contributed by atoms with van der Waals surface area (Å²) in [7, 11) is 1.56. The highest BCUT2D eigenvalue weighted by Gasteiger charge is 2.29. The number of ether oxygens (including phenoxy) is 2. The lowest BCUT2D eigenvalue weighted by atomic mass is 10.2. The number of H-pyrrole nitrogens is 1. The Hall–Kier alpha value is -2.48. The average molecular weight is 303 g/mol. The number of hydrogen-bond acceptors (Lipinski definition) is 6. The van der Waals surface area contributed by atoms with Gasteiger partial charge in [0.05, 0.1) is 20.3 Å². The van der Waals surface area contributed by atoms with E-state index in [9.17, 15) is 4.79 Å². The first-order valence-electron chi connectivity index (χ1n) is 6.97. The second-order valence-electron chi connectivity index (χ2n) is 4.97. The van der Waals surface area contributed by atoms with Crippen molar-refractivity contribution in [2.75, 3.05) is 26.8 Å². The SMILES string of the molecule is COc1ccnc(C(=O)N2CCO[C@H](c3n[nH]c(C)n3)C2)c1. The van der Waals surface area contributed by atoms with E-state index < -0.39 is 0 Å². The van der Waals surface area contributed by atoms with E-state index in [4.69, 9.17) is 9.47 Å². The molecule has 3 heterocycles.